The molecule has 3 nitrogen and oxygen atoms in total. The van der Waals surface area contributed by atoms with Gasteiger partial charge in [0.05, 0.1) is 10.6 Å². The van der Waals surface area contributed by atoms with E-state index in [-0.39, 0.29) is 17.2 Å². The summed E-state index contributed by atoms with van der Waals surface area (Å²) in [6.45, 7) is 0. The van der Waals surface area contributed by atoms with Crippen molar-refractivity contribution in [2.45, 2.75) is 24.2 Å². The van der Waals surface area contributed by atoms with Gasteiger partial charge < -0.3 is 0 Å². The van der Waals surface area contributed by atoms with Crippen LogP contribution in [0.25, 0.3) is 0 Å². The zero-order valence-electron chi connectivity index (χ0n) is 14.0. The van der Waals surface area contributed by atoms with E-state index in [0.717, 1.165) is 12.1 Å². The van der Waals surface area contributed by atoms with E-state index in [1.165, 1.54) is 0 Å². The monoisotopic (exact) mass is 465 g/mol. The fourth-order valence-electron chi connectivity index (χ4n) is 2.58. The zero-order valence-corrected chi connectivity index (χ0v) is 14.7. The zero-order chi connectivity index (χ0) is 22.7. The number of hydrogen-bond donors (Lipinski definition) is 0. The van der Waals surface area contributed by atoms with Gasteiger partial charge in [-0.15, -0.1) is 0 Å². The second kappa shape index (κ2) is 6.72. The van der Waals surface area contributed by atoms with Crippen molar-refractivity contribution in [2.24, 2.45) is 9.98 Å². The molecule has 0 amide bonds. The Morgan fingerprint density at radius 3 is 1.77 bits per heavy atom. The van der Waals surface area contributed by atoms with Crippen LogP contribution in [0.3, 0.4) is 0 Å². The van der Waals surface area contributed by atoms with Gasteiger partial charge in [-0.05, 0) is 30.3 Å². The minimum atomic E-state index is -6.12. The summed E-state index contributed by atoms with van der Waals surface area (Å²) in [7, 11) is 0. The van der Waals surface area contributed by atoms with Crippen LogP contribution < -0.4 is 0 Å². The van der Waals surface area contributed by atoms with Gasteiger partial charge in [0.2, 0.25) is 0 Å². The van der Waals surface area contributed by atoms with E-state index < -0.39 is 57.8 Å². The Labute approximate surface area is 165 Å². The molecule has 14 heteroatoms. The molecule has 1 aromatic carbocycles. The van der Waals surface area contributed by atoms with E-state index >= 15 is 0 Å². The number of rotatable bonds is 1. The Kier molecular flexibility index (Phi) is 4.96. The van der Waals surface area contributed by atoms with Crippen LogP contribution in [-0.4, -0.2) is 40.8 Å². The highest BCUT2D eigenvalue weighted by atomic mass is 35.5. The molecule has 2 aliphatic rings. The smallest absolute Gasteiger partial charge is 0.284 e. The average Bonchev–Trinajstić information content (AvgIpc) is 2.59. The van der Waals surface area contributed by atoms with Crippen molar-refractivity contribution in [1.29, 1.82) is 0 Å². The minimum Gasteiger partial charge on any atom is -0.284 e. The van der Waals surface area contributed by atoms with Crippen molar-refractivity contribution in [3.05, 3.63) is 58.5 Å². The summed E-state index contributed by atoms with van der Waals surface area (Å²) in [5.74, 6) is -3.36. The van der Waals surface area contributed by atoms with Crippen molar-refractivity contribution in [1.82, 2.24) is 4.90 Å². The van der Waals surface area contributed by atoms with Crippen molar-refractivity contribution in [2.75, 3.05) is 0 Å². The molecule has 0 N–H and O–H groups in total. The van der Waals surface area contributed by atoms with Gasteiger partial charge in [-0.25, -0.2) is 14.4 Å². The molecule has 0 fully saturated rings. The van der Waals surface area contributed by atoms with Gasteiger partial charge in [-0.2, -0.15) is 39.5 Å². The first-order valence-corrected chi connectivity index (χ1v) is 7.99. The molecule has 162 valence electrons. The van der Waals surface area contributed by atoms with Crippen LogP contribution in [0.15, 0.2) is 57.1 Å². The van der Waals surface area contributed by atoms with Crippen LogP contribution in [0.5, 0.6) is 0 Å². The predicted molar refractivity (Wildman–Crippen MR) is 85.1 cm³/mol. The van der Waals surface area contributed by atoms with Gasteiger partial charge in [0.15, 0.2) is 5.84 Å². The normalized spacial score (nSPS) is 19.5. The highest BCUT2D eigenvalue weighted by Crippen LogP contribution is 2.50. The molecular weight excluding hydrogens is 460 g/mol. The summed E-state index contributed by atoms with van der Waals surface area (Å²) in [6.07, 6.45) is -16.9. The summed E-state index contributed by atoms with van der Waals surface area (Å²) >= 11 is 5.59. The highest BCUT2D eigenvalue weighted by molar-refractivity contribution is 6.45. The number of fused-ring (bicyclic) bond motifs is 1. The minimum absolute atomic E-state index is 0.141. The molecule has 0 atom stereocenters. The molecule has 2 aliphatic heterocycles. The van der Waals surface area contributed by atoms with E-state index in [1.807, 2.05) is 0 Å². The third-order valence-electron chi connectivity index (χ3n) is 3.98. The lowest BCUT2D eigenvalue weighted by atomic mass is 10.0. The molecule has 0 saturated carbocycles. The van der Waals surface area contributed by atoms with Gasteiger partial charge in [0.1, 0.15) is 11.7 Å². The maximum absolute atomic E-state index is 13.5. The second-order valence-corrected chi connectivity index (χ2v) is 6.40. The van der Waals surface area contributed by atoms with Crippen LogP contribution in [0, 0.1) is 5.82 Å². The third-order valence-corrected chi connectivity index (χ3v) is 4.25. The van der Waals surface area contributed by atoms with Gasteiger partial charge in [-0.3, -0.25) is 4.90 Å². The standard InChI is InChI=1S/C16H6ClF10N3/c17-10-5-8(13(19,20)21)6-30-11(7-1-3-9(18)4-2-7)28-14(15(22,23)24,16(25,26)27)29-12(10)30/h1-6H. The molecule has 2 heterocycles. The van der Waals surface area contributed by atoms with Crippen LogP contribution >= 0.6 is 11.6 Å². The molecule has 30 heavy (non-hydrogen) atoms. The fourth-order valence-corrected chi connectivity index (χ4v) is 2.83. The first-order chi connectivity index (χ1) is 13.6. The quantitative estimate of drug-likeness (QED) is 0.490. The molecule has 1 aromatic rings. The lowest BCUT2D eigenvalue weighted by Crippen LogP contribution is -2.59. The van der Waals surface area contributed by atoms with Gasteiger partial charge in [0.25, 0.3) is 0 Å². The second-order valence-electron chi connectivity index (χ2n) is 5.99. The lowest BCUT2D eigenvalue weighted by Gasteiger charge is -2.39. The maximum atomic E-state index is 13.5. The highest BCUT2D eigenvalue weighted by Gasteiger charge is 2.74. The molecular formula is C16H6ClF10N3. The largest absolute Gasteiger partial charge is 0.443 e. The van der Waals surface area contributed by atoms with E-state index in [4.69, 9.17) is 11.6 Å². The number of alkyl halides is 9. The summed E-state index contributed by atoms with van der Waals surface area (Å²) < 4.78 is 134. The molecule has 0 aromatic heterocycles. The van der Waals surface area contributed by atoms with Crippen molar-refractivity contribution >= 4 is 23.3 Å². The van der Waals surface area contributed by atoms with Gasteiger partial charge in [0, 0.05) is 11.8 Å². The SMILES string of the molecule is Fc1ccc(C2=NC(C(F)(F)F)(C(F)(F)F)N=C3C(Cl)=CC(C(F)(F)F)=CN32)cc1. The Bertz CT molecular complexity index is 966. The summed E-state index contributed by atoms with van der Waals surface area (Å²) in [5.41, 5.74) is -7.05. The fraction of sp³-hybridized carbons (Fsp3) is 0.250. The number of amidine groups is 2. The van der Waals surface area contributed by atoms with E-state index in [2.05, 4.69) is 9.98 Å². The van der Waals surface area contributed by atoms with Crippen LogP contribution in [0.2, 0.25) is 0 Å². The van der Waals surface area contributed by atoms with Crippen molar-refractivity contribution < 1.29 is 43.9 Å². The topological polar surface area (TPSA) is 28.0 Å². The number of aliphatic imine (C=N–C) groups is 2. The Morgan fingerprint density at radius 1 is 0.800 bits per heavy atom. The molecule has 0 spiro atoms. The van der Waals surface area contributed by atoms with Crippen LogP contribution in [0.1, 0.15) is 5.56 Å². The summed E-state index contributed by atoms with van der Waals surface area (Å²) in [6, 6.07) is 2.87. The number of benzene rings is 1. The predicted octanol–water partition coefficient (Wildman–Crippen LogP) is 5.69. The summed E-state index contributed by atoms with van der Waals surface area (Å²) in [5, 5.41) is -1.13. The Morgan fingerprint density at radius 2 is 1.30 bits per heavy atom. The molecule has 3 rings (SSSR count). The van der Waals surface area contributed by atoms with Gasteiger partial charge in [-0.1, -0.05) is 11.6 Å². The summed E-state index contributed by atoms with van der Waals surface area (Å²) in [4.78, 5) is 5.51. The lowest BCUT2D eigenvalue weighted by molar-refractivity contribution is -0.292. The van der Waals surface area contributed by atoms with Crippen molar-refractivity contribution in [3.63, 3.8) is 0 Å². The van der Waals surface area contributed by atoms with Crippen molar-refractivity contribution in [3.8, 4) is 0 Å². The van der Waals surface area contributed by atoms with E-state index in [1.54, 1.807) is 0 Å². The number of halogens is 11. The average molecular weight is 466 g/mol. The third kappa shape index (κ3) is 3.55. The molecule has 0 radical (unpaired) electrons. The maximum Gasteiger partial charge on any atom is 0.443 e. The Balaban J connectivity index is 2.35. The molecule has 0 unspecified atom stereocenters. The van der Waals surface area contributed by atoms with E-state index in [9.17, 15) is 43.9 Å². The van der Waals surface area contributed by atoms with E-state index in [0.29, 0.717) is 12.1 Å². The Hall–Kier alpha value is -2.57. The van der Waals surface area contributed by atoms with Gasteiger partial charge >= 0.3 is 24.2 Å². The number of allylic oxidation sites excluding steroid dienone is 2. The number of nitrogens with zero attached hydrogens (tertiary/aromatic N) is 3. The first kappa shape index (κ1) is 22.1. The number of hydrogen-bond acceptors (Lipinski definition) is 3. The van der Waals surface area contributed by atoms with Crippen LogP contribution in [0.4, 0.5) is 43.9 Å². The van der Waals surface area contributed by atoms with Crippen LogP contribution in [-0.2, 0) is 0 Å². The molecule has 0 saturated heterocycles. The molecule has 0 bridgehead atoms. The molecule has 0 aliphatic carbocycles. The first-order valence-electron chi connectivity index (χ1n) is 7.62.